The van der Waals surface area contributed by atoms with Gasteiger partial charge in [0.15, 0.2) is 15.5 Å². The van der Waals surface area contributed by atoms with Crippen LogP contribution in [0.25, 0.3) is 21.5 Å². The summed E-state index contributed by atoms with van der Waals surface area (Å²) in [6.07, 6.45) is 0. The summed E-state index contributed by atoms with van der Waals surface area (Å²) in [6.45, 7) is 0. The molecule has 5 aromatic rings. The fraction of sp³-hybridized carbons (Fsp3) is 0.0357. The van der Waals surface area contributed by atoms with Crippen molar-refractivity contribution in [2.24, 2.45) is 0 Å². The third-order valence-corrected chi connectivity index (χ3v) is 8.01. The molecule has 5 rings (SSSR count). The first kappa shape index (κ1) is 28.1. The Hall–Kier alpha value is -2.93. The fourth-order valence-corrected chi connectivity index (χ4v) is 6.44. The molecule has 5 aromatic carbocycles. The molecule has 0 N–H and O–H groups in total. The van der Waals surface area contributed by atoms with Crippen LogP contribution in [-0.2, 0) is 10.9 Å². The summed E-state index contributed by atoms with van der Waals surface area (Å²) in [4.78, 5) is 15.8. The van der Waals surface area contributed by atoms with Gasteiger partial charge in [-0.1, -0.05) is 66.2 Å². The predicted octanol–water partition coefficient (Wildman–Crippen LogP) is 9.71. The van der Waals surface area contributed by atoms with E-state index < -0.39 is 25.1 Å². The largest absolute Gasteiger partial charge is 0.289 e. The van der Waals surface area contributed by atoms with E-state index in [1.807, 2.05) is 18.2 Å². The van der Waals surface area contributed by atoms with Crippen LogP contribution in [0.15, 0.2) is 119 Å². The Morgan fingerprint density at radius 2 is 1.11 bits per heavy atom. The van der Waals surface area contributed by atoms with E-state index in [4.69, 9.17) is 11.6 Å². The molecular weight excluding hydrogens is 609 g/mol. The maximum absolute atomic E-state index is 13.3. The predicted molar refractivity (Wildman–Crippen MR) is 145 cm³/mol. The molecule has 38 heavy (non-hydrogen) atoms. The first-order valence-electron chi connectivity index (χ1n) is 11.2. The zero-order valence-electron chi connectivity index (χ0n) is 19.5. The Morgan fingerprint density at radius 3 is 1.61 bits per heavy atom. The molecule has 0 saturated heterocycles. The van der Waals surface area contributed by atoms with Crippen LogP contribution in [-0.4, -0.2) is 25.7 Å². The molecular formula is C28H20AsClF6OS. The maximum atomic E-state index is 13.3. The normalized spacial score (nSPS) is 14.2. The summed E-state index contributed by atoms with van der Waals surface area (Å²) >= 11 is -5.03. The zero-order valence-corrected chi connectivity index (χ0v) is 23.0. The van der Waals surface area contributed by atoms with Gasteiger partial charge in [-0.2, -0.15) is 0 Å². The molecule has 0 aromatic heterocycles. The number of hydrogen-bond acceptors (Lipinski definition) is 1. The van der Waals surface area contributed by atoms with E-state index in [2.05, 4.69) is 78.9 Å². The van der Waals surface area contributed by atoms with E-state index in [1.54, 1.807) is 12.1 Å². The first-order valence-corrected chi connectivity index (χ1v) is 17.2. The second kappa shape index (κ2) is 9.99. The van der Waals surface area contributed by atoms with Crippen molar-refractivity contribution in [3.8, 4) is 0 Å². The average molecular weight is 629 g/mol. The molecule has 0 saturated carbocycles. The van der Waals surface area contributed by atoms with Crippen molar-refractivity contribution >= 4 is 64.0 Å². The quantitative estimate of drug-likeness (QED) is 0.0623. The van der Waals surface area contributed by atoms with Gasteiger partial charge in [-0.05, 0) is 65.4 Å². The number of halogens is 7. The van der Waals surface area contributed by atoms with E-state index in [9.17, 15) is 25.6 Å². The number of hydrogen-bond donors (Lipinski definition) is 0. The Balaban J connectivity index is 0.000000426. The van der Waals surface area contributed by atoms with Gasteiger partial charge < -0.3 is 0 Å². The van der Waals surface area contributed by atoms with Crippen molar-refractivity contribution in [1.29, 1.82) is 0 Å². The SMILES string of the molecule is F[As-](F)(F)(F)(F)F.O=C(C[S+](c1ccccc1)c1c2ccccc2cc2ccccc12)c1ccc(Cl)cc1. The molecule has 10 heteroatoms. The van der Waals surface area contributed by atoms with Crippen LogP contribution >= 0.6 is 11.6 Å². The molecule has 0 bridgehead atoms. The van der Waals surface area contributed by atoms with Gasteiger partial charge in [-0.25, -0.2) is 0 Å². The number of benzene rings is 5. The van der Waals surface area contributed by atoms with Gasteiger partial charge >= 0.3 is 35.0 Å². The molecule has 0 fully saturated rings. The van der Waals surface area contributed by atoms with Gasteiger partial charge in [-0.15, -0.1) is 0 Å². The molecule has 0 spiro atoms. The summed E-state index contributed by atoms with van der Waals surface area (Å²) in [5.74, 6) is 0.546. The molecule has 1 nitrogen and oxygen atoms in total. The number of carbonyl (C=O) groups excluding carboxylic acids is 1. The van der Waals surface area contributed by atoms with E-state index in [1.165, 1.54) is 31.3 Å². The third kappa shape index (κ3) is 8.03. The molecule has 0 amide bonds. The van der Waals surface area contributed by atoms with Gasteiger partial charge in [0.05, 0.1) is 10.9 Å². The molecule has 0 heterocycles. The summed E-state index contributed by atoms with van der Waals surface area (Å²) in [7, 11) is -0.419. The molecule has 0 radical (unpaired) electrons. The Morgan fingerprint density at radius 1 is 0.658 bits per heavy atom. The first-order chi connectivity index (χ1) is 17.7. The number of Topliss-reactive ketones (excluding diaryl/α,β-unsaturated/α-hetero) is 1. The minimum absolute atomic E-state index is 0.126. The van der Waals surface area contributed by atoms with Crippen LogP contribution in [0, 0.1) is 0 Å². The number of rotatable bonds is 5. The van der Waals surface area contributed by atoms with Crippen molar-refractivity contribution in [3.05, 3.63) is 120 Å². The monoisotopic (exact) mass is 628 g/mol. The fourth-order valence-electron chi connectivity index (χ4n) is 3.95. The summed E-state index contributed by atoms with van der Waals surface area (Å²) in [5.41, 5.74) is 0.697. The molecule has 1 atom stereocenters. The van der Waals surface area contributed by atoms with Crippen LogP contribution in [0.4, 0.5) is 20.8 Å². The third-order valence-electron chi connectivity index (χ3n) is 5.44. The van der Waals surface area contributed by atoms with E-state index >= 15 is 0 Å². The summed E-state index contributed by atoms with van der Waals surface area (Å²) in [6, 6.07) is 36.8. The van der Waals surface area contributed by atoms with Crippen molar-refractivity contribution in [2.45, 2.75) is 9.79 Å². The molecule has 198 valence electrons. The van der Waals surface area contributed by atoms with Gasteiger partial charge in [-0.3, -0.25) is 4.79 Å². The van der Waals surface area contributed by atoms with Crippen molar-refractivity contribution < 1.29 is 25.6 Å². The van der Waals surface area contributed by atoms with E-state index in [-0.39, 0.29) is 5.78 Å². The second-order valence-corrected chi connectivity index (χ2v) is 14.8. The van der Waals surface area contributed by atoms with Crippen molar-refractivity contribution in [3.63, 3.8) is 0 Å². The number of carbonyl (C=O) groups is 1. The van der Waals surface area contributed by atoms with Crippen molar-refractivity contribution in [1.82, 2.24) is 0 Å². The van der Waals surface area contributed by atoms with Crippen molar-refractivity contribution in [2.75, 3.05) is 5.75 Å². The van der Waals surface area contributed by atoms with E-state index in [0.29, 0.717) is 16.3 Å². The van der Waals surface area contributed by atoms with Gasteiger partial charge in [0, 0.05) is 21.4 Å². The summed E-state index contributed by atoms with van der Waals surface area (Å²) < 4.78 is 59.4. The minimum Gasteiger partial charge on any atom is -0.289 e. The van der Waals surface area contributed by atoms with Crippen LogP contribution in [0.2, 0.25) is 5.02 Å². The second-order valence-electron chi connectivity index (χ2n) is 8.38. The smallest absolute Gasteiger partial charge is 0.212 e. The minimum atomic E-state index is -11.1. The molecule has 0 aliphatic rings. The van der Waals surface area contributed by atoms with Crippen LogP contribution in [0.5, 0.6) is 0 Å². The Bertz CT molecular complexity index is 1540. The molecule has 1 unspecified atom stereocenters. The van der Waals surface area contributed by atoms with Crippen LogP contribution in [0.1, 0.15) is 10.4 Å². The Kier molecular flexibility index (Phi) is 7.38. The maximum Gasteiger partial charge on any atom is 0.212 e. The van der Waals surface area contributed by atoms with Gasteiger partial charge in [0.1, 0.15) is 0 Å². The molecule has 0 aliphatic heterocycles. The topological polar surface area (TPSA) is 17.1 Å². The van der Waals surface area contributed by atoms with E-state index in [0.717, 1.165) is 0 Å². The van der Waals surface area contributed by atoms with Crippen LogP contribution < -0.4 is 0 Å². The zero-order chi connectivity index (χ0) is 27.6. The average Bonchev–Trinajstić information content (AvgIpc) is 2.85. The number of fused-ring (bicyclic) bond motifs is 2. The Labute approximate surface area is 224 Å². The summed E-state index contributed by atoms with van der Waals surface area (Å²) in [5, 5.41) is 5.44. The van der Waals surface area contributed by atoms with Gasteiger partial charge in [0.25, 0.3) is 0 Å². The number of ketones is 1. The standard InChI is InChI=1S/C28H20ClOS.AsF6/c29-23-16-14-20(15-17-23)27(30)19-31(24-10-2-1-3-11-24)28-25-12-6-4-8-21(25)18-22-9-5-7-13-26(22)28;2-1(3,4,5,6)7/h1-18H,19H2;/q+1;-1. The molecule has 0 aliphatic carbocycles. The van der Waals surface area contributed by atoms with Crippen LogP contribution in [0.3, 0.4) is 0 Å². The van der Waals surface area contributed by atoms with Gasteiger partial charge in [0.2, 0.25) is 5.78 Å².